The first-order chi connectivity index (χ1) is 10.5. The molecule has 2 aliphatic rings. The smallest absolute Gasteiger partial charge is 0.414 e. The van der Waals surface area contributed by atoms with E-state index in [0.29, 0.717) is 0 Å². The number of ketones is 1. The van der Waals surface area contributed by atoms with E-state index < -0.39 is 8.32 Å². The fourth-order valence-corrected chi connectivity index (χ4v) is 3.33. The summed E-state index contributed by atoms with van der Waals surface area (Å²) >= 11 is 0. The maximum Gasteiger partial charge on any atom is 2.00 e. The molecule has 0 aromatic heterocycles. The molecule has 0 amide bonds. The van der Waals surface area contributed by atoms with Crippen LogP contribution >= 0.6 is 0 Å². The van der Waals surface area contributed by atoms with Gasteiger partial charge in [-0.1, -0.05) is 20.8 Å². The Hall–Kier alpha value is 0.366. The van der Waals surface area contributed by atoms with E-state index in [4.69, 9.17) is 4.43 Å². The first-order valence-corrected chi connectivity index (χ1v) is 11.1. The van der Waals surface area contributed by atoms with E-state index in [0.717, 1.165) is 5.92 Å². The quantitative estimate of drug-likeness (QED) is 0.650. The minimum Gasteiger partial charge on any atom is -0.414 e. The molecule has 0 N–H and O–H groups in total. The van der Waals surface area contributed by atoms with E-state index in [-0.39, 0.29) is 34.0 Å². The summed E-state index contributed by atoms with van der Waals surface area (Å²) in [7, 11) is -1.62. The van der Waals surface area contributed by atoms with E-state index in [9.17, 15) is 4.79 Å². The molecule has 2 saturated carbocycles. The van der Waals surface area contributed by atoms with Gasteiger partial charge in [-0.15, -0.1) is 0 Å². The predicted octanol–water partition coefficient (Wildman–Crippen LogP) is 4.78. The van der Waals surface area contributed by atoms with E-state index in [1.807, 2.05) is 25.7 Å². The molecule has 4 heteroatoms. The van der Waals surface area contributed by atoms with Crippen LogP contribution in [0.5, 0.6) is 0 Å². The molecule has 0 bridgehead atoms. The Morgan fingerprint density at radius 1 is 1.00 bits per heavy atom. The molecule has 2 rings (SSSR count). The van der Waals surface area contributed by atoms with Crippen LogP contribution in [-0.4, -0.2) is 20.2 Å². The van der Waals surface area contributed by atoms with Crippen molar-refractivity contribution in [1.29, 1.82) is 0 Å². The average Bonchev–Trinajstić information content (AvgIpc) is 3.11. The normalized spacial score (nSPS) is 21.0. The zero-order valence-corrected chi connectivity index (χ0v) is 18.0. The SMILES string of the molecule is CC(=O)[C]1[CH][CH][CH][CH]1.C[C@H](O[Si](C)(C)C(C)(C)C)[C]1[CH][CH][CH][CH]1.[Fe+2]. The van der Waals surface area contributed by atoms with Crippen LogP contribution in [0.25, 0.3) is 0 Å². The zero-order chi connectivity index (χ0) is 17.7. The number of carbonyl (C=O) groups is 1. The van der Waals surface area contributed by atoms with Gasteiger partial charge in [0.25, 0.3) is 0 Å². The molecule has 0 aliphatic heterocycles. The van der Waals surface area contributed by atoms with Crippen LogP contribution in [0, 0.1) is 63.2 Å². The van der Waals surface area contributed by atoms with Crippen LogP contribution in [-0.2, 0) is 26.3 Å². The first-order valence-electron chi connectivity index (χ1n) is 8.16. The molecule has 10 radical (unpaired) electrons. The molecule has 0 saturated heterocycles. The van der Waals surface area contributed by atoms with E-state index in [1.165, 1.54) is 5.92 Å². The van der Waals surface area contributed by atoms with Crippen LogP contribution in [0.2, 0.25) is 18.1 Å². The van der Waals surface area contributed by atoms with Crippen molar-refractivity contribution in [3.63, 3.8) is 0 Å². The van der Waals surface area contributed by atoms with Crippen molar-refractivity contribution in [3.8, 4) is 0 Å². The fourth-order valence-electron chi connectivity index (χ4n) is 1.96. The predicted molar refractivity (Wildman–Crippen MR) is 99.3 cm³/mol. The molecule has 0 unspecified atom stereocenters. The van der Waals surface area contributed by atoms with Gasteiger partial charge in [0, 0.05) is 17.9 Å². The number of hydrogen-bond donors (Lipinski definition) is 0. The fraction of sp³-hybridized carbons (Fsp3) is 0.450. The van der Waals surface area contributed by atoms with Crippen LogP contribution in [0.1, 0.15) is 34.6 Å². The minimum atomic E-state index is -1.62. The average molecular weight is 386 g/mol. The summed E-state index contributed by atoms with van der Waals surface area (Å²) in [5.74, 6) is 2.22. The summed E-state index contributed by atoms with van der Waals surface area (Å²) in [6.45, 7) is 15.1. The van der Waals surface area contributed by atoms with Gasteiger partial charge in [0.1, 0.15) is 5.78 Å². The summed E-state index contributed by atoms with van der Waals surface area (Å²) in [5.41, 5.74) is 0. The Bertz CT molecular complexity index is 364. The zero-order valence-electron chi connectivity index (χ0n) is 15.9. The Morgan fingerprint density at radius 3 is 1.75 bits per heavy atom. The van der Waals surface area contributed by atoms with E-state index in [1.54, 1.807) is 6.92 Å². The molecule has 0 spiro atoms. The van der Waals surface area contributed by atoms with Crippen molar-refractivity contribution < 1.29 is 26.3 Å². The summed E-state index contributed by atoms with van der Waals surface area (Å²) in [4.78, 5) is 10.5. The van der Waals surface area contributed by atoms with Crippen molar-refractivity contribution in [1.82, 2.24) is 0 Å². The number of Topliss-reactive ketones (excluding diaryl/α,β-unsaturated/α-hetero) is 1. The number of rotatable bonds is 4. The standard InChI is InChI=1S/C13H23OSi.C7H7O.Fe/c1-11(12-9-7-8-10-12)14-15(5,6)13(2,3)4;1-6(8)7-4-2-3-5-7;/h7-11H,1-6H3;2-5H,1H3;/q;;+2/t11-;;/m0../s1. The van der Waals surface area contributed by atoms with Crippen molar-refractivity contribution in [2.45, 2.75) is 58.9 Å². The maximum atomic E-state index is 10.5. The summed E-state index contributed by atoms with van der Waals surface area (Å²) in [6, 6.07) is 0. The third kappa shape index (κ3) is 7.72. The molecule has 0 aromatic rings. The van der Waals surface area contributed by atoms with Gasteiger partial charge in [0.05, 0.1) is 0 Å². The second-order valence-electron chi connectivity index (χ2n) is 7.47. The Morgan fingerprint density at radius 2 is 1.42 bits per heavy atom. The molecule has 0 aromatic carbocycles. The minimum absolute atomic E-state index is 0. The van der Waals surface area contributed by atoms with Gasteiger partial charge in [0.2, 0.25) is 0 Å². The van der Waals surface area contributed by atoms with E-state index in [2.05, 4.69) is 66.5 Å². The van der Waals surface area contributed by atoms with Crippen LogP contribution in [0.3, 0.4) is 0 Å². The van der Waals surface area contributed by atoms with Crippen molar-refractivity contribution in [2.75, 3.05) is 0 Å². The number of carbonyl (C=O) groups excluding carboxylic acids is 1. The Labute approximate surface area is 162 Å². The molecular formula is C20H30FeO2Si+2. The molecule has 24 heavy (non-hydrogen) atoms. The third-order valence-electron chi connectivity index (χ3n) is 4.50. The van der Waals surface area contributed by atoms with Gasteiger partial charge in [-0.2, -0.15) is 0 Å². The molecule has 0 heterocycles. The van der Waals surface area contributed by atoms with Gasteiger partial charge in [-0.3, -0.25) is 4.79 Å². The van der Waals surface area contributed by atoms with Crippen molar-refractivity contribution in [2.24, 2.45) is 0 Å². The molecular weight excluding hydrogens is 356 g/mol. The largest absolute Gasteiger partial charge is 2.00 e. The van der Waals surface area contributed by atoms with Gasteiger partial charge in [-0.25, -0.2) is 0 Å². The second kappa shape index (κ2) is 10.5. The van der Waals surface area contributed by atoms with Gasteiger partial charge in [0.15, 0.2) is 8.32 Å². The Kier molecular flexibility index (Phi) is 10.7. The van der Waals surface area contributed by atoms with E-state index >= 15 is 0 Å². The van der Waals surface area contributed by atoms with Crippen LogP contribution in [0.15, 0.2) is 0 Å². The van der Waals surface area contributed by atoms with Crippen LogP contribution < -0.4 is 0 Å². The molecule has 2 aliphatic carbocycles. The van der Waals surface area contributed by atoms with Crippen molar-refractivity contribution >= 4 is 14.1 Å². The van der Waals surface area contributed by atoms with Gasteiger partial charge in [-0.05, 0) is 83.3 Å². The summed E-state index contributed by atoms with van der Waals surface area (Å²) in [5, 5.41) is 0.286. The van der Waals surface area contributed by atoms with Gasteiger partial charge >= 0.3 is 17.1 Å². The molecule has 132 valence electrons. The molecule has 2 nitrogen and oxygen atoms in total. The van der Waals surface area contributed by atoms with Crippen molar-refractivity contribution in [3.05, 3.63) is 63.2 Å². The summed E-state index contributed by atoms with van der Waals surface area (Å²) in [6.07, 6.45) is 16.0. The molecule has 2 fully saturated rings. The third-order valence-corrected chi connectivity index (χ3v) is 9.06. The maximum absolute atomic E-state index is 10.5. The molecule has 1 atom stereocenters. The summed E-state index contributed by atoms with van der Waals surface area (Å²) < 4.78 is 6.29. The topological polar surface area (TPSA) is 26.3 Å². The van der Waals surface area contributed by atoms with Crippen LogP contribution in [0.4, 0.5) is 0 Å². The second-order valence-corrected chi connectivity index (χ2v) is 12.2. The van der Waals surface area contributed by atoms with Gasteiger partial charge < -0.3 is 4.43 Å². The number of hydrogen-bond acceptors (Lipinski definition) is 2. The first kappa shape index (κ1) is 24.4. The monoisotopic (exact) mass is 386 g/mol. The Balaban J connectivity index is 0.000000498.